The predicted octanol–water partition coefficient (Wildman–Crippen LogP) is 2.02. The number of thioether (sulfide) groups is 1. The van der Waals surface area contributed by atoms with Gasteiger partial charge >= 0.3 is 5.69 Å². The van der Waals surface area contributed by atoms with Gasteiger partial charge in [-0.05, 0) is 24.3 Å². The predicted molar refractivity (Wildman–Crippen MR) is 110 cm³/mol. The fraction of sp³-hybridized carbons (Fsp3) is 0.389. The Labute approximate surface area is 170 Å². The van der Waals surface area contributed by atoms with Crippen molar-refractivity contribution in [2.24, 2.45) is 7.05 Å². The summed E-state index contributed by atoms with van der Waals surface area (Å²) >= 11 is 7.30. The summed E-state index contributed by atoms with van der Waals surface area (Å²) in [5.41, 5.74) is -0.541. The van der Waals surface area contributed by atoms with E-state index in [1.54, 1.807) is 35.9 Å². The van der Waals surface area contributed by atoms with Crippen LogP contribution in [0.4, 0.5) is 0 Å². The van der Waals surface area contributed by atoms with E-state index < -0.39 is 17.4 Å². The van der Waals surface area contributed by atoms with Crippen LogP contribution in [0.1, 0.15) is 13.8 Å². The first-order valence-electron chi connectivity index (χ1n) is 8.69. The lowest BCUT2D eigenvalue weighted by Crippen LogP contribution is -2.30. The van der Waals surface area contributed by atoms with E-state index in [0.717, 1.165) is 0 Å². The highest BCUT2D eigenvalue weighted by Gasteiger charge is 2.20. The molecule has 0 aliphatic rings. The van der Waals surface area contributed by atoms with Crippen LogP contribution in [0, 0.1) is 0 Å². The van der Waals surface area contributed by atoms with Crippen molar-refractivity contribution in [2.75, 3.05) is 6.61 Å². The van der Waals surface area contributed by atoms with E-state index in [9.17, 15) is 14.7 Å². The summed E-state index contributed by atoms with van der Waals surface area (Å²) in [7, 11) is 1.54. The number of rotatable bonds is 7. The second kappa shape index (κ2) is 8.42. The number of aliphatic hydroxyl groups is 1. The van der Waals surface area contributed by atoms with Crippen LogP contribution in [0.2, 0.25) is 5.02 Å². The Hall–Kier alpha value is -2.23. The summed E-state index contributed by atoms with van der Waals surface area (Å²) in [5.74, 6) is 0.580. The van der Waals surface area contributed by atoms with Gasteiger partial charge in [0.25, 0.3) is 5.56 Å². The van der Waals surface area contributed by atoms with Gasteiger partial charge in [0, 0.05) is 17.3 Å². The molecule has 10 heteroatoms. The third kappa shape index (κ3) is 4.43. The second-order valence-electron chi connectivity index (χ2n) is 6.58. The molecule has 3 aromatic rings. The van der Waals surface area contributed by atoms with Crippen molar-refractivity contribution in [3.05, 3.63) is 50.1 Å². The molecule has 1 unspecified atom stereocenters. The van der Waals surface area contributed by atoms with Crippen molar-refractivity contribution in [2.45, 2.75) is 36.9 Å². The molecule has 0 fully saturated rings. The van der Waals surface area contributed by atoms with Crippen LogP contribution in [0.3, 0.4) is 0 Å². The standard InChI is InChI=1S/C18H21ClN4O4S/c1-10(2)28-18-20-15-14(16(25)21-17(26)22(15)3)23(18)8-12(24)9-27-13-6-4-11(19)5-7-13/h4-7,10,12,24H,8-9H2,1-3H3,(H,21,25,26). The van der Waals surface area contributed by atoms with Crippen molar-refractivity contribution in [3.8, 4) is 5.75 Å². The molecule has 0 spiro atoms. The molecule has 28 heavy (non-hydrogen) atoms. The van der Waals surface area contributed by atoms with Gasteiger partial charge in [-0.3, -0.25) is 14.3 Å². The lowest BCUT2D eigenvalue weighted by molar-refractivity contribution is 0.0914. The minimum Gasteiger partial charge on any atom is -0.491 e. The summed E-state index contributed by atoms with van der Waals surface area (Å²) in [4.78, 5) is 31.0. The Morgan fingerprint density at radius 2 is 1.96 bits per heavy atom. The quantitative estimate of drug-likeness (QED) is 0.562. The lowest BCUT2D eigenvalue weighted by atomic mass is 10.3. The number of imidazole rings is 1. The number of hydrogen-bond acceptors (Lipinski definition) is 6. The molecule has 1 aromatic carbocycles. The van der Waals surface area contributed by atoms with Gasteiger partial charge in [-0.15, -0.1) is 0 Å². The first kappa shape index (κ1) is 20.5. The van der Waals surface area contributed by atoms with E-state index in [-0.39, 0.29) is 29.6 Å². The number of nitrogens with one attached hydrogen (secondary N) is 1. The molecular formula is C18H21ClN4O4S. The Kier molecular flexibility index (Phi) is 6.17. The highest BCUT2D eigenvalue weighted by molar-refractivity contribution is 7.99. The summed E-state index contributed by atoms with van der Waals surface area (Å²) in [6, 6.07) is 6.82. The zero-order valence-electron chi connectivity index (χ0n) is 15.7. The molecular weight excluding hydrogens is 404 g/mol. The van der Waals surface area contributed by atoms with Crippen LogP contribution in [0.15, 0.2) is 39.0 Å². The average Bonchev–Trinajstić information content (AvgIpc) is 2.97. The zero-order chi connectivity index (χ0) is 20.4. The third-order valence-electron chi connectivity index (χ3n) is 3.96. The Morgan fingerprint density at radius 3 is 2.61 bits per heavy atom. The maximum absolute atomic E-state index is 12.4. The fourth-order valence-electron chi connectivity index (χ4n) is 2.67. The van der Waals surface area contributed by atoms with Gasteiger partial charge < -0.3 is 14.4 Å². The van der Waals surface area contributed by atoms with Gasteiger partial charge in [-0.1, -0.05) is 37.2 Å². The van der Waals surface area contributed by atoms with Crippen LogP contribution in [0.25, 0.3) is 11.2 Å². The Bertz CT molecular complexity index is 1090. The maximum Gasteiger partial charge on any atom is 0.329 e. The molecule has 1 atom stereocenters. The number of hydrogen-bond donors (Lipinski definition) is 2. The van der Waals surface area contributed by atoms with E-state index in [1.807, 2.05) is 13.8 Å². The van der Waals surface area contributed by atoms with Crippen LogP contribution in [-0.2, 0) is 13.6 Å². The van der Waals surface area contributed by atoms with Gasteiger partial charge in [-0.2, -0.15) is 0 Å². The molecule has 2 N–H and O–H groups in total. The molecule has 0 aliphatic carbocycles. The first-order valence-corrected chi connectivity index (χ1v) is 9.94. The molecule has 0 saturated heterocycles. The van der Waals surface area contributed by atoms with E-state index in [1.165, 1.54) is 16.3 Å². The number of aromatic nitrogens is 4. The molecule has 0 amide bonds. The summed E-state index contributed by atoms with van der Waals surface area (Å²) in [5, 5.41) is 11.8. The highest BCUT2D eigenvalue weighted by atomic mass is 35.5. The van der Waals surface area contributed by atoms with Crippen molar-refractivity contribution in [3.63, 3.8) is 0 Å². The van der Waals surface area contributed by atoms with E-state index in [2.05, 4.69) is 9.97 Å². The minimum atomic E-state index is -0.892. The molecule has 2 aromatic heterocycles. The zero-order valence-corrected chi connectivity index (χ0v) is 17.3. The molecule has 150 valence electrons. The normalized spacial score (nSPS) is 12.6. The summed E-state index contributed by atoms with van der Waals surface area (Å²) in [6.07, 6.45) is -0.892. The average molecular weight is 425 g/mol. The molecule has 0 bridgehead atoms. The fourth-order valence-corrected chi connectivity index (χ4v) is 3.65. The number of nitrogens with zero attached hydrogens (tertiary/aromatic N) is 3. The van der Waals surface area contributed by atoms with Crippen molar-refractivity contribution < 1.29 is 9.84 Å². The number of halogens is 1. The van der Waals surface area contributed by atoms with Gasteiger partial charge in [0.2, 0.25) is 0 Å². The molecule has 2 heterocycles. The van der Waals surface area contributed by atoms with Crippen molar-refractivity contribution >= 4 is 34.5 Å². The minimum absolute atomic E-state index is 0.0246. The van der Waals surface area contributed by atoms with Crippen LogP contribution >= 0.6 is 23.4 Å². The van der Waals surface area contributed by atoms with Crippen LogP contribution < -0.4 is 16.0 Å². The summed E-state index contributed by atoms with van der Waals surface area (Å²) < 4.78 is 8.51. The third-order valence-corrected chi connectivity index (χ3v) is 5.21. The van der Waals surface area contributed by atoms with E-state index >= 15 is 0 Å². The number of ether oxygens (including phenoxy) is 1. The van der Waals surface area contributed by atoms with Gasteiger partial charge in [-0.25, -0.2) is 9.78 Å². The monoisotopic (exact) mass is 424 g/mol. The van der Waals surface area contributed by atoms with Gasteiger partial charge in [0.1, 0.15) is 18.5 Å². The maximum atomic E-state index is 12.4. The Balaban J connectivity index is 1.89. The number of H-pyrrole nitrogens is 1. The number of fused-ring (bicyclic) bond motifs is 1. The van der Waals surface area contributed by atoms with Crippen molar-refractivity contribution in [1.82, 2.24) is 19.1 Å². The first-order chi connectivity index (χ1) is 13.3. The topological polar surface area (TPSA) is 102 Å². The van der Waals surface area contributed by atoms with E-state index in [0.29, 0.717) is 15.9 Å². The number of aliphatic hydroxyl groups excluding tert-OH is 1. The molecule has 0 radical (unpaired) electrons. The van der Waals surface area contributed by atoms with Gasteiger partial charge in [0.15, 0.2) is 16.3 Å². The molecule has 0 aliphatic heterocycles. The number of aromatic amines is 1. The number of benzene rings is 1. The van der Waals surface area contributed by atoms with Crippen LogP contribution in [0.5, 0.6) is 5.75 Å². The molecule has 0 saturated carbocycles. The number of aryl methyl sites for hydroxylation is 1. The molecule has 8 nitrogen and oxygen atoms in total. The summed E-state index contributed by atoms with van der Waals surface area (Å²) in [6.45, 7) is 4.12. The van der Waals surface area contributed by atoms with E-state index in [4.69, 9.17) is 16.3 Å². The SMILES string of the molecule is CC(C)Sc1nc2c(c(=O)[nH]c(=O)n2C)n1CC(O)COc1ccc(Cl)cc1. The van der Waals surface area contributed by atoms with Crippen LogP contribution in [-0.4, -0.2) is 42.2 Å². The molecule has 3 rings (SSSR count). The lowest BCUT2D eigenvalue weighted by Gasteiger charge is -2.15. The smallest absolute Gasteiger partial charge is 0.329 e. The largest absolute Gasteiger partial charge is 0.491 e. The Morgan fingerprint density at radius 1 is 1.29 bits per heavy atom. The van der Waals surface area contributed by atoms with Gasteiger partial charge in [0.05, 0.1) is 6.54 Å². The second-order valence-corrected chi connectivity index (χ2v) is 8.56. The highest BCUT2D eigenvalue weighted by Crippen LogP contribution is 2.25. The van der Waals surface area contributed by atoms with Crippen molar-refractivity contribution in [1.29, 1.82) is 0 Å².